The molecule has 1 fully saturated rings. The molecule has 0 aliphatic heterocycles. The van der Waals surface area contributed by atoms with E-state index in [0.717, 1.165) is 30.2 Å². The predicted molar refractivity (Wildman–Crippen MR) is 72.5 cm³/mol. The van der Waals surface area contributed by atoms with Crippen molar-refractivity contribution in [1.82, 2.24) is 10.3 Å². The van der Waals surface area contributed by atoms with E-state index in [0.29, 0.717) is 11.8 Å². The fourth-order valence-electron chi connectivity index (χ4n) is 2.25. The first-order valence-electron chi connectivity index (χ1n) is 6.15. The molecular weight excluding hydrogens is 296 g/mol. The molecular formula is C13H17BrN2O2. The van der Waals surface area contributed by atoms with Crippen molar-refractivity contribution in [1.29, 1.82) is 0 Å². The lowest BCUT2D eigenvalue weighted by atomic mass is 9.93. The average molecular weight is 313 g/mol. The molecule has 0 saturated heterocycles. The van der Waals surface area contributed by atoms with Crippen molar-refractivity contribution in [2.45, 2.75) is 37.8 Å². The van der Waals surface area contributed by atoms with Crippen molar-refractivity contribution < 1.29 is 9.53 Å². The molecule has 1 heterocycles. The molecule has 2 rings (SSSR count). The topological polar surface area (TPSA) is 51.2 Å². The summed E-state index contributed by atoms with van der Waals surface area (Å²) >= 11 is 3.34. The van der Waals surface area contributed by atoms with Crippen LogP contribution in [0.4, 0.5) is 0 Å². The van der Waals surface area contributed by atoms with Crippen molar-refractivity contribution in [2.24, 2.45) is 0 Å². The molecule has 0 aromatic carbocycles. The molecule has 1 aliphatic rings. The van der Waals surface area contributed by atoms with Crippen LogP contribution in [0.3, 0.4) is 0 Å². The Hall–Kier alpha value is -0.940. The van der Waals surface area contributed by atoms with Gasteiger partial charge in [0.15, 0.2) is 0 Å². The number of carbonyl (C=O) groups excluding carboxylic acids is 1. The second-order valence-corrected chi connectivity index (χ2v) is 5.37. The maximum absolute atomic E-state index is 12.0. The summed E-state index contributed by atoms with van der Waals surface area (Å²) < 4.78 is 6.05. The molecule has 0 radical (unpaired) electrons. The zero-order valence-corrected chi connectivity index (χ0v) is 11.9. The lowest BCUT2D eigenvalue weighted by Gasteiger charge is -2.28. The first-order valence-corrected chi connectivity index (χ1v) is 6.94. The third-order valence-electron chi connectivity index (χ3n) is 3.32. The van der Waals surface area contributed by atoms with E-state index in [2.05, 4.69) is 26.2 Å². The fourth-order valence-corrected chi connectivity index (χ4v) is 2.68. The van der Waals surface area contributed by atoms with Crippen LogP contribution in [0.5, 0.6) is 0 Å². The van der Waals surface area contributed by atoms with E-state index in [1.54, 1.807) is 19.4 Å². The molecule has 0 atom stereocenters. The standard InChI is InChI=1S/C13H17BrN2O2/c1-18-10-6-4-9(5-7-10)16-13(17)12-11(14)3-2-8-15-12/h2-3,8-10H,4-7H2,1H3,(H,16,17). The van der Waals surface area contributed by atoms with Gasteiger partial charge >= 0.3 is 0 Å². The molecule has 1 aliphatic carbocycles. The minimum atomic E-state index is -0.108. The number of rotatable bonds is 3. The van der Waals surface area contributed by atoms with Crippen molar-refractivity contribution in [3.63, 3.8) is 0 Å². The van der Waals surface area contributed by atoms with Crippen LogP contribution < -0.4 is 5.32 Å². The monoisotopic (exact) mass is 312 g/mol. The van der Waals surface area contributed by atoms with Gasteiger partial charge in [-0.3, -0.25) is 4.79 Å². The quantitative estimate of drug-likeness (QED) is 0.933. The van der Waals surface area contributed by atoms with Gasteiger partial charge in [-0.1, -0.05) is 0 Å². The van der Waals surface area contributed by atoms with Gasteiger partial charge in [-0.2, -0.15) is 0 Å². The van der Waals surface area contributed by atoms with E-state index in [-0.39, 0.29) is 11.9 Å². The van der Waals surface area contributed by atoms with Crippen LogP contribution in [0.25, 0.3) is 0 Å². The number of nitrogens with one attached hydrogen (secondary N) is 1. The number of hydrogen-bond acceptors (Lipinski definition) is 3. The number of carbonyl (C=O) groups is 1. The van der Waals surface area contributed by atoms with Crippen molar-refractivity contribution >= 4 is 21.8 Å². The molecule has 0 bridgehead atoms. The number of ether oxygens (including phenoxy) is 1. The SMILES string of the molecule is COC1CCC(NC(=O)c2ncccc2Br)CC1. The van der Waals surface area contributed by atoms with Crippen LogP contribution in [-0.4, -0.2) is 30.1 Å². The average Bonchev–Trinajstić information content (AvgIpc) is 2.40. The highest BCUT2D eigenvalue weighted by atomic mass is 79.9. The van der Waals surface area contributed by atoms with Gasteiger partial charge in [0, 0.05) is 23.8 Å². The number of methoxy groups -OCH3 is 1. The van der Waals surface area contributed by atoms with Gasteiger partial charge in [0.05, 0.1) is 6.10 Å². The fraction of sp³-hybridized carbons (Fsp3) is 0.538. The van der Waals surface area contributed by atoms with E-state index in [9.17, 15) is 4.79 Å². The van der Waals surface area contributed by atoms with Gasteiger partial charge in [0.25, 0.3) is 5.91 Å². The van der Waals surface area contributed by atoms with Crippen LogP contribution in [0.15, 0.2) is 22.8 Å². The van der Waals surface area contributed by atoms with Crippen LogP contribution in [0.2, 0.25) is 0 Å². The van der Waals surface area contributed by atoms with Gasteiger partial charge in [-0.05, 0) is 53.7 Å². The highest BCUT2D eigenvalue weighted by Crippen LogP contribution is 2.21. The van der Waals surface area contributed by atoms with Crippen LogP contribution >= 0.6 is 15.9 Å². The Balaban J connectivity index is 1.91. The van der Waals surface area contributed by atoms with Gasteiger partial charge in [0.2, 0.25) is 0 Å². The largest absolute Gasteiger partial charge is 0.381 e. The molecule has 1 aromatic heterocycles. The molecule has 1 aromatic rings. The Bertz CT molecular complexity index is 417. The van der Waals surface area contributed by atoms with Crippen molar-refractivity contribution in [3.05, 3.63) is 28.5 Å². The summed E-state index contributed by atoms with van der Waals surface area (Å²) in [6, 6.07) is 3.85. The minimum absolute atomic E-state index is 0.108. The molecule has 0 spiro atoms. The molecule has 18 heavy (non-hydrogen) atoms. The number of amides is 1. The lowest BCUT2D eigenvalue weighted by molar-refractivity contribution is 0.0598. The molecule has 98 valence electrons. The molecule has 1 N–H and O–H groups in total. The maximum atomic E-state index is 12.0. The number of hydrogen-bond donors (Lipinski definition) is 1. The summed E-state index contributed by atoms with van der Waals surface area (Å²) in [5.41, 5.74) is 0.450. The summed E-state index contributed by atoms with van der Waals surface area (Å²) in [6.45, 7) is 0. The zero-order chi connectivity index (χ0) is 13.0. The van der Waals surface area contributed by atoms with E-state index < -0.39 is 0 Å². The number of nitrogens with zero attached hydrogens (tertiary/aromatic N) is 1. The highest BCUT2D eigenvalue weighted by molar-refractivity contribution is 9.10. The van der Waals surface area contributed by atoms with Gasteiger partial charge in [-0.25, -0.2) is 4.98 Å². The molecule has 4 nitrogen and oxygen atoms in total. The second kappa shape index (κ2) is 6.29. The third kappa shape index (κ3) is 3.29. The van der Waals surface area contributed by atoms with E-state index >= 15 is 0 Å². The molecule has 1 amide bonds. The Morgan fingerprint density at radius 2 is 2.17 bits per heavy atom. The minimum Gasteiger partial charge on any atom is -0.381 e. The van der Waals surface area contributed by atoms with Crippen molar-refractivity contribution in [3.8, 4) is 0 Å². The van der Waals surface area contributed by atoms with Crippen LogP contribution in [-0.2, 0) is 4.74 Å². The molecule has 5 heteroatoms. The first-order chi connectivity index (χ1) is 8.70. The van der Waals surface area contributed by atoms with Crippen molar-refractivity contribution in [2.75, 3.05) is 7.11 Å². The van der Waals surface area contributed by atoms with Gasteiger partial charge < -0.3 is 10.1 Å². The number of halogens is 1. The van der Waals surface area contributed by atoms with E-state index in [4.69, 9.17) is 4.74 Å². The molecule has 0 unspecified atom stereocenters. The summed E-state index contributed by atoms with van der Waals surface area (Å²) in [5, 5.41) is 3.03. The van der Waals surface area contributed by atoms with E-state index in [1.807, 2.05) is 6.07 Å². The van der Waals surface area contributed by atoms with Crippen LogP contribution in [0.1, 0.15) is 36.2 Å². The number of pyridine rings is 1. The third-order valence-corrected chi connectivity index (χ3v) is 3.96. The normalized spacial score (nSPS) is 23.7. The molecule has 1 saturated carbocycles. The summed E-state index contributed by atoms with van der Waals surface area (Å²) in [6.07, 6.45) is 5.92. The van der Waals surface area contributed by atoms with Gasteiger partial charge in [0.1, 0.15) is 5.69 Å². The summed E-state index contributed by atoms with van der Waals surface area (Å²) in [4.78, 5) is 16.1. The Labute approximate surface area is 115 Å². The predicted octanol–water partition coefficient (Wildman–Crippen LogP) is 2.53. The van der Waals surface area contributed by atoms with E-state index in [1.165, 1.54) is 0 Å². The Morgan fingerprint density at radius 1 is 1.44 bits per heavy atom. The smallest absolute Gasteiger partial charge is 0.271 e. The zero-order valence-electron chi connectivity index (χ0n) is 10.4. The second-order valence-electron chi connectivity index (χ2n) is 4.52. The van der Waals surface area contributed by atoms with Crippen LogP contribution in [0, 0.1) is 0 Å². The maximum Gasteiger partial charge on any atom is 0.271 e. The lowest BCUT2D eigenvalue weighted by Crippen LogP contribution is -2.39. The van der Waals surface area contributed by atoms with Gasteiger partial charge in [-0.15, -0.1) is 0 Å². The summed E-state index contributed by atoms with van der Waals surface area (Å²) in [5.74, 6) is -0.108. The first kappa shape index (κ1) is 13.5. The number of aromatic nitrogens is 1. The Kier molecular flexibility index (Phi) is 4.72. The Morgan fingerprint density at radius 3 is 2.78 bits per heavy atom. The highest BCUT2D eigenvalue weighted by Gasteiger charge is 2.23. The summed E-state index contributed by atoms with van der Waals surface area (Å²) in [7, 11) is 1.74.